The first-order valence-electron chi connectivity index (χ1n) is 6.96. The standard InChI is InChI=1S/C16H18ClN3O2S/c1-11(12-7-8-15(17)18-10-12)22-14-6-4-5-13(9-14)19-16(23)20(2)21-3/h4-11H,1-3H3,(H,19,23). The third-order valence-corrected chi connectivity index (χ3v) is 3.76. The van der Waals surface area contributed by atoms with Crippen molar-refractivity contribution >= 4 is 34.6 Å². The Morgan fingerprint density at radius 2 is 2.13 bits per heavy atom. The molecule has 7 heteroatoms. The van der Waals surface area contributed by atoms with Crippen LogP contribution < -0.4 is 10.1 Å². The summed E-state index contributed by atoms with van der Waals surface area (Å²) < 4.78 is 5.94. The van der Waals surface area contributed by atoms with E-state index in [-0.39, 0.29) is 6.10 Å². The molecule has 0 aliphatic carbocycles. The molecule has 23 heavy (non-hydrogen) atoms. The number of hydroxylamine groups is 2. The van der Waals surface area contributed by atoms with Crippen LogP contribution in [0.2, 0.25) is 5.15 Å². The molecule has 1 unspecified atom stereocenters. The van der Waals surface area contributed by atoms with Gasteiger partial charge in [-0.2, -0.15) is 0 Å². The van der Waals surface area contributed by atoms with Gasteiger partial charge in [-0.05, 0) is 37.3 Å². The van der Waals surface area contributed by atoms with Crippen molar-refractivity contribution in [2.24, 2.45) is 0 Å². The summed E-state index contributed by atoms with van der Waals surface area (Å²) in [5.74, 6) is 0.723. The number of aromatic nitrogens is 1. The van der Waals surface area contributed by atoms with Crippen molar-refractivity contribution in [2.75, 3.05) is 19.5 Å². The van der Waals surface area contributed by atoms with Crippen molar-refractivity contribution in [3.63, 3.8) is 0 Å². The summed E-state index contributed by atoms with van der Waals surface area (Å²) in [5, 5.41) is 5.46. The predicted octanol–water partition coefficient (Wildman–Crippen LogP) is 4.07. The zero-order valence-corrected chi connectivity index (χ0v) is 14.7. The molecule has 0 spiro atoms. The van der Waals surface area contributed by atoms with Crippen molar-refractivity contribution in [1.29, 1.82) is 0 Å². The maximum Gasteiger partial charge on any atom is 0.197 e. The Hall–Kier alpha value is -1.89. The Kier molecular flexibility index (Phi) is 6.15. The van der Waals surface area contributed by atoms with Gasteiger partial charge in [0.15, 0.2) is 5.11 Å². The van der Waals surface area contributed by atoms with E-state index in [1.54, 1.807) is 26.4 Å². The SMILES string of the molecule is CON(C)C(=S)Nc1cccc(OC(C)c2ccc(Cl)nc2)c1. The maximum absolute atomic E-state index is 5.94. The minimum absolute atomic E-state index is 0.149. The lowest BCUT2D eigenvalue weighted by Crippen LogP contribution is -2.29. The van der Waals surface area contributed by atoms with Gasteiger partial charge in [0.25, 0.3) is 0 Å². The van der Waals surface area contributed by atoms with Gasteiger partial charge < -0.3 is 10.1 Å². The Bertz CT molecular complexity index is 667. The molecule has 0 saturated heterocycles. The van der Waals surface area contributed by atoms with E-state index in [1.165, 1.54) is 5.06 Å². The molecule has 0 amide bonds. The summed E-state index contributed by atoms with van der Waals surface area (Å²) in [4.78, 5) is 9.09. The third kappa shape index (κ3) is 5.06. The number of anilines is 1. The molecule has 122 valence electrons. The van der Waals surface area contributed by atoms with E-state index in [0.29, 0.717) is 10.3 Å². The minimum atomic E-state index is -0.149. The number of pyridine rings is 1. The Morgan fingerprint density at radius 1 is 1.35 bits per heavy atom. The molecule has 1 aromatic carbocycles. The van der Waals surface area contributed by atoms with Gasteiger partial charge >= 0.3 is 0 Å². The molecule has 0 aliphatic heterocycles. The molecule has 1 heterocycles. The van der Waals surface area contributed by atoms with E-state index < -0.39 is 0 Å². The van der Waals surface area contributed by atoms with Crippen molar-refractivity contribution in [3.05, 3.63) is 53.3 Å². The highest BCUT2D eigenvalue weighted by atomic mass is 35.5. The van der Waals surface area contributed by atoms with Gasteiger partial charge in [0.2, 0.25) is 0 Å². The van der Waals surface area contributed by atoms with Crippen LogP contribution in [0.1, 0.15) is 18.6 Å². The highest BCUT2D eigenvalue weighted by Gasteiger charge is 2.09. The van der Waals surface area contributed by atoms with Crippen LogP contribution in [-0.4, -0.2) is 29.3 Å². The molecule has 0 saturated carbocycles. The fourth-order valence-electron chi connectivity index (χ4n) is 1.83. The van der Waals surface area contributed by atoms with Gasteiger partial charge in [-0.15, -0.1) is 0 Å². The Labute approximate surface area is 146 Å². The third-order valence-electron chi connectivity index (χ3n) is 3.18. The first-order valence-corrected chi connectivity index (χ1v) is 7.75. The highest BCUT2D eigenvalue weighted by Crippen LogP contribution is 2.24. The Morgan fingerprint density at radius 3 is 2.78 bits per heavy atom. The van der Waals surface area contributed by atoms with Gasteiger partial charge in [-0.25, -0.2) is 10.0 Å². The lowest BCUT2D eigenvalue weighted by atomic mass is 10.2. The van der Waals surface area contributed by atoms with Gasteiger partial charge in [0, 0.05) is 30.6 Å². The summed E-state index contributed by atoms with van der Waals surface area (Å²) in [6.45, 7) is 1.95. The van der Waals surface area contributed by atoms with Gasteiger partial charge in [-0.1, -0.05) is 23.7 Å². The quantitative estimate of drug-likeness (QED) is 0.498. The van der Waals surface area contributed by atoms with E-state index >= 15 is 0 Å². The van der Waals surface area contributed by atoms with Gasteiger partial charge in [-0.3, -0.25) is 4.84 Å². The number of rotatable bonds is 5. The monoisotopic (exact) mass is 351 g/mol. The maximum atomic E-state index is 5.94. The molecule has 0 bridgehead atoms. The predicted molar refractivity (Wildman–Crippen MR) is 95.7 cm³/mol. The van der Waals surface area contributed by atoms with Crippen LogP contribution in [0.15, 0.2) is 42.6 Å². The molecule has 0 aliphatic rings. The number of hydrogen-bond donors (Lipinski definition) is 1. The number of halogens is 1. The van der Waals surface area contributed by atoms with Crippen molar-refractivity contribution in [3.8, 4) is 5.75 Å². The van der Waals surface area contributed by atoms with Crippen LogP contribution in [0.25, 0.3) is 0 Å². The molecule has 2 rings (SSSR count). The second-order valence-corrected chi connectivity index (χ2v) is 5.59. The average Bonchev–Trinajstić information content (AvgIpc) is 2.54. The van der Waals surface area contributed by atoms with Gasteiger partial charge in [0.05, 0.1) is 7.11 Å². The van der Waals surface area contributed by atoms with E-state index in [9.17, 15) is 0 Å². The Balaban J connectivity index is 2.04. The molecule has 0 radical (unpaired) electrons. The summed E-state index contributed by atoms with van der Waals surface area (Å²) >= 11 is 11.0. The summed E-state index contributed by atoms with van der Waals surface area (Å²) in [7, 11) is 3.28. The summed E-state index contributed by atoms with van der Waals surface area (Å²) in [6, 6.07) is 11.2. The van der Waals surface area contributed by atoms with Crippen LogP contribution in [-0.2, 0) is 4.84 Å². The first kappa shape index (κ1) is 17.5. The highest BCUT2D eigenvalue weighted by molar-refractivity contribution is 7.80. The topological polar surface area (TPSA) is 46.6 Å². The van der Waals surface area contributed by atoms with Crippen molar-refractivity contribution in [1.82, 2.24) is 10.0 Å². The molecule has 5 nitrogen and oxygen atoms in total. The lowest BCUT2D eigenvalue weighted by Gasteiger charge is -2.19. The van der Waals surface area contributed by atoms with Crippen molar-refractivity contribution < 1.29 is 9.57 Å². The zero-order chi connectivity index (χ0) is 16.8. The number of benzene rings is 1. The molecule has 1 N–H and O–H groups in total. The van der Waals surface area contributed by atoms with Crippen LogP contribution in [0.3, 0.4) is 0 Å². The van der Waals surface area contributed by atoms with Crippen LogP contribution in [0.5, 0.6) is 5.75 Å². The fraction of sp³-hybridized carbons (Fsp3) is 0.250. The summed E-state index contributed by atoms with van der Waals surface area (Å²) in [6.07, 6.45) is 1.56. The van der Waals surface area contributed by atoms with Crippen LogP contribution in [0.4, 0.5) is 5.69 Å². The number of thiocarbonyl (C=S) groups is 1. The molecule has 1 aromatic heterocycles. The average molecular weight is 352 g/mol. The van der Waals surface area contributed by atoms with Crippen molar-refractivity contribution in [2.45, 2.75) is 13.0 Å². The molecule has 1 atom stereocenters. The molecular weight excluding hydrogens is 334 g/mol. The smallest absolute Gasteiger partial charge is 0.197 e. The van der Waals surface area contributed by atoms with Gasteiger partial charge in [0.1, 0.15) is 17.0 Å². The zero-order valence-electron chi connectivity index (χ0n) is 13.1. The number of nitrogens with one attached hydrogen (secondary N) is 1. The minimum Gasteiger partial charge on any atom is -0.486 e. The second kappa shape index (κ2) is 8.10. The van der Waals surface area contributed by atoms with E-state index in [1.807, 2.05) is 37.3 Å². The first-order chi connectivity index (χ1) is 11.0. The van der Waals surface area contributed by atoms with Crippen LogP contribution >= 0.6 is 23.8 Å². The fourth-order valence-corrected chi connectivity index (χ4v) is 2.14. The van der Waals surface area contributed by atoms with E-state index in [4.69, 9.17) is 33.4 Å². The summed E-state index contributed by atoms with van der Waals surface area (Å²) in [5.41, 5.74) is 1.76. The van der Waals surface area contributed by atoms with E-state index in [0.717, 1.165) is 17.0 Å². The normalized spacial score (nSPS) is 11.7. The largest absolute Gasteiger partial charge is 0.486 e. The lowest BCUT2D eigenvalue weighted by molar-refractivity contribution is -0.0391. The van der Waals surface area contributed by atoms with E-state index in [2.05, 4.69) is 10.3 Å². The number of nitrogens with zero attached hydrogens (tertiary/aromatic N) is 2. The molecule has 0 fully saturated rings. The molecular formula is C16H18ClN3O2S. The molecule has 2 aromatic rings. The number of ether oxygens (including phenoxy) is 1. The second-order valence-electron chi connectivity index (χ2n) is 4.81. The van der Waals surface area contributed by atoms with Crippen LogP contribution in [0, 0.1) is 0 Å². The number of hydrogen-bond acceptors (Lipinski definition) is 4.